The summed E-state index contributed by atoms with van der Waals surface area (Å²) >= 11 is 0. The van der Waals surface area contributed by atoms with Gasteiger partial charge < -0.3 is 5.32 Å². The number of carbonyl (C=O) groups is 4. The van der Waals surface area contributed by atoms with Crippen LogP contribution in [0.5, 0.6) is 0 Å². The minimum absolute atomic E-state index is 0.0278. The van der Waals surface area contributed by atoms with Crippen LogP contribution in [-0.4, -0.2) is 46.1 Å². The first-order valence-electron chi connectivity index (χ1n) is 9.13. The van der Waals surface area contributed by atoms with Crippen LogP contribution in [0.1, 0.15) is 39.1 Å². The fraction of sp³-hybridized carbons (Fsp3) is 0.250. The molecule has 29 heavy (non-hydrogen) atoms. The monoisotopic (exact) mass is 396 g/mol. The number of hydrogen-bond donors (Lipinski definition) is 2. The van der Waals surface area contributed by atoms with E-state index in [0.29, 0.717) is 13.0 Å². The molecule has 1 atom stereocenters. The number of rotatable bonds is 5. The highest BCUT2D eigenvalue weighted by atomic mass is 19.1. The van der Waals surface area contributed by atoms with E-state index in [1.54, 1.807) is 12.4 Å². The SMILES string of the molecule is O=C1CCC(N2C(=O)c3cc(F)c(NCCc4ccncc4)cc3C2=O)C(=O)N1. The maximum absolute atomic E-state index is 14.5. The maximum Gasteiger partial charge on any atom is 0.262 e. The topological polar surface area (TPSA) is 108 Å². The number of amides is 4. The fourth-order valence-electron chi connectivity index (χ4n) is 3.52. The summed E-state index contributed by atoms with van der Waals surface area (Å²) in [5, 5.41) is 5.06. The molecule has 2 aromatic rings. The summed E-state index contributed by atoms with van der Waals surface area (Å²) in [5.74, 6) is -3.22. The Morgan fingerprint density at radius 1 is 1.10 bits per heavy atom. The second kappa shape index (κ2) is 7.42. The Bertz CT molecular complexity index is 1020. The summed E-state index contributed by atoms with van der Waals surface area (Å²) < 4.78 is 14.5. The van der Waals surface area contributed by atoms with Gasteiger partial charge in [-0.3, -0.25) is 34.4 Å². The first-order chi connectivity index (χ1) is 14.0. The third-order valence-electron chi connectivity index (χ3n) is 5.01. The van der Waals surface area contributed by atoms with Crippen molar-refractivity contribution in [1.29, 1.82) is 0 Å². The Morgan fingerprint density at radius 2 is 1.79 bits per heavy atom. The molecule has 148 valence electrons. The van der Waals surface area contributed by atoms with Crippen molar-refractivity contribution in [2.45, 2.75) is 25.3 Å². The predicted octanol–water partition coefficient (Wildman–Crippen LogP) is 1.28. The van der Waals surface area contributed by atoms with Crippen LogP contribution in [0.3, 0.4) is 0 Å². The molecule has 0 saturated carbocycles. The zero-order chi connectivity index (χ0) is 20.5. The Balaban J connectivity index is 1.53. The third kappa shape index (κ3) is 3.46. The highest BCUT2D eigenvalue weighted by Gasteiger charge is 2.45. The fourth-order valence-corrected chi connectivity index (χ4v) is 3.52. The lowest BCUT2D eigenvalue weighted by Crippen LogP contribution is -2.54. The van der Waals surface area contributed by atoms with Gasteiger partial charge >= 0.3 is 0 Å². The standard InChI is InChI=1S/C20H17FN4O4/c21-14-9-12-13(10-15(14)23-8-5-11-3-6-22-7-4-11)20(29)25(19(12)28)16-1-2-17(26)24-18(16)27/h3-4,6-7,9-10,16,23H,1-2,5,8H2,(H,24,26,27). The van der Waals surface area contributed by atoms with Gasteiger partial charge in [-0.1, -0.05) is 0 Å². The van der Waals surface area contributed by atoms with Gasteiger partial charge in [0, 0.05) is 25.4 Å². The Labute approximate surface area is 165 Å². The summed E-state index contributed by atoms with van der Waals surface area (Å²) in [7, 11) is 0. The number of imide groups is 2. The van der Waals surface area contributed by atoms with Crippen LogP contribution in [0.2, 0.25) is 0 Å². The van der Waals surface area contributed by atoms with E-state index >= 15 is 0 Å². The summed E-state index contributed by atoms with van der Waals surface area (Å²) in [6.07, 6.45) is 4.03. The van der Waals surface area contributed by atoms with Crippen LogP contribution < -0.4 is 10.6 Å². The van der Waals surface area contributed by atoms with Gasteiger partial charge in [0.15, 0.2) is 0 Å². The van der Waals surface area contributed by atoms with E-state index in [1.165, 1.54) is 6.07 Å². The van der Waals surface area contributed by atoms with E-state index in [2.05, 4.69) is 15.6 Å². The Kier molecular flexibility index (Phi) is 4.79. The Hall–Kier alpha value is -3.62. The van der Waals surface area contributed by atoms with Crippen molar-refractivity contribution in [3.63, 3.8) is 0 Å². The van der Waals surface area contributed by atoms with Gasteiger partial charge in [-0.2, -0.15) is 0 Å². The van der Waals surface area contributed by atoms with Crippen molar-refractivity contribution >= 4 is 29.3 Å². The number of fused-ring (bicyclic) bond motifs is 1. The Morgan fingerprint density at radius 3 is 2.48 bits per heavy atom. The second-order valence-corrected chi connectivity index (χ2v) is 6.86. The molecule has 2 N–H and O–H groups in total. The largest absolute Gasteiger partial charge is 0.382 e. The van der Waals surface area contributed by atoms with E-state index in [9.17, 15) is 23.6 Å². The van der Waals surface area contributed by atoms with Gasteiger partial charge in [-0.15, -0.1) is 0 Å². The van der Waals surface area contributed by atoms with Crippen LogP contribution >= 0.6 is 0 Å². The third-order valence-corrected chi connectivity index (χ3v) is 5.01. The molecule has 1 fully saturated rings. The highest BCUT2D eigenvalue weighted by Crippen LogP contribution is 2.31. The molecule has 8 nitrogen and oxygen atoms in total. The second-order valence-electron chi connectivity index (χ2n) is 6.86. The van der Waals surface area contributed by atoms with Crippen LogP contribution in [0.25, 0.3) is 0 Å². The number of pyridine rings is 1. The molecule has 1 aromatic carbocycles. The molecule has 0 bridgehead atoms. The molecule has 0 spiro atoms. The number of carbonyl (C=O) groups excluding carboxylic acids is 4. The highest BCUT2D eigenvalue weighted by molar-refractivity contribution is 6.23. The molecule has 1 unspecified atom stereocenters. The number of anilines is 1. The van der Waals surface area contributed by atoms with Gasteiger partial charge in [0.05, 0.1) is 16.8 Å². The summed E-state index contributed by atoms with van der Waals surface area (Å²) in [6.45, 7) is 0.415. The lowest BCUT2D eigenvalue weighted by molar-refractivity contribution is -0.136. The smallest absolute Gasteiger partial charge is 0.262 e. The molecule has 4 amide bonds. The quantitative estimate of drug-likeness (QED) is 0.737. The van der Waals surface area contributed by atoms with Crippen molar-refractivity contribution < 1.29 is 23.6 Å². The lowest BCUT2D eigenvalue weighted by Gasteiger charge is -2.27. The van der Waals surface area contributed by atoms with Crippen molar-refractivity contribution in [2.24, 2.45) is 0 Å². The van der Waals surface area contributed by atoms with Crippen molar-refractivity contribution in [2.75, 3.05) is 11.9 Å². The average Bonchev–Trinajstić information content (AvgIpc) is 2.93. The summed E-state index contributed by atoms with van der Waals surface area (Å²) in [6, 6.07) is 4.92. The first-order valence-corrected chi connectivity index (χ1v) is 9.13. The zero-order valence-corrected chi connectivity index (χ0v) is 15.3. The van der Waals surface area contributed by atoms with E-state index in [0.717, 1.165) is 16.5 Å². The van der Waals surface area contributed by atoms with Crippen molar-refractivity contribution in [3.8, 4) is 0 Å². The molecule has 3 heterocycles. The van der Waals surface area contributed by atoms with Crippen molar-refractivity contribution in [1.82, 2.24) is 15.2 Å². The lowest BCUT2D eigenvalue weighted by atomic mass is 10.0. The van der Waals surface area contributed by atoms with E-state index in [-0.39, 0.29) is 29.7 Å². The van der Waals surface area contributed by atoms with Gasteiger partial charge in [0.25, 0.3) is 11.8 Å². The summed E-state index contributed by atoms with van der Waals surface area (Å²) in [5.41, 5.74) is 1.07. The number of halogens is 1. The number of nitrogens with one attached hydrogen (secondary N) is 2. The number of benzene rings is 1. The van der Waals surface area contributed by atoms with Crippen molar-refractivity contribution in [3.05, 3.63) is 59.2 Å². The van der Waals surface area contributed by atoms with Gasteiger partial charge in [-0.25, -0.2) is 4.39 Å². The minimum atomic E-state index is -1.08. The maximum atomic E-state index is 14.5. The molecule has 2 aliphatic heterocycles. The molecular formula is C20H17FN4O4. The molecular weight excluding hydrogens is 379 g/mol. The molecule has 1 saturated heterocycles. The van der Waals surface area contributed by atoms with Crippen LogP contribution in [0.15, 0.2) is 36.7 Å². The van der Waals surface area contributed by atoms with Crippen LogP contribution in [-0.2, 0) is 16.0 Å². The molecule has 9 heteroatoms. The zero-order valence-electron chi connectivity index (χ0n) is 15.3. The van der Waals surface area contributed by atoms with Gasteiger partial charge in [-0.05, 0) is 42.7 Å². The average molecular weight is 396 g/mol. The predicted molar refractivity (Wildman–Crippen MR) is 99.5 cm³/mol. The van der Waals surface area contributed by atoms with Crippen LogP contribution in [0, 0.1) is 5.82 Å². The van der Waals surface area contributed by atoms with Crippen LogP contribution in [0.4, 0.5) is 10.1 Å². The van der Waals surface area contributed by atoms with E-state index in [4.69, 9.17) is 0 Å². The summed E-state index contributed by atoms with van der Waals surface area (Å²) in [4.78, 5) is 53.6. The molecule has 0 aliphatic carbocycles. The molecule has 0 radical (unpaired) electrons. The van der Waals surface area contributed by atoms with Gasteiger partial charge in [0.2, 0.25) is 11.8 Å². The molecule has 4 rings (SSSR count). The minimum Gasteiger partial charge on any atom is -0.382 e. The first kappa shape index (κ1) is 18.7. The normalized spacial score (nSPS) is 18.7. The molecule has 2 aliphatic rings. The number of nitrogens with zero attached hydrogens (tertiary/aromatic N) is 2. The molecule has 1 aromatic heterocycles. The van der Waals surface area contributed by atoms with Gasteiger partial charge in [0.1, 0.15) is 11.9 Å². The van der Waals surface area contributed by atoms with E-state index < -0.39 is 35.5 Å². The number of aromatic nitrogens is 1. The van der Waals surface area contributed by atoms with E-state index in [1.807, 2.05) is 12.1 Å². The number of hydrogen-bond acceptors (Lipinski definition) is 6. The number of piperidine rings is 1.